The molecule has 1 nitrogen and oxygen atoms in total. The SMILES string of the molecule is CC(C)(C#CSc1ccccc1)CCO. The van der Waals surface area contributed by atoms with Crippen molar-refractivity contribution in [1.82, 2.24) is 0 Å². The zero-order valence-electron chi connectivity index (χ0n) is 9.16. The van der Waals surface area contributed by atoms with Crippen LogP contribution in [-0.4, -0.2) is 11.7 Å². The van der Waals surface area contributed by atoms with Gasteiger partial charge in [-0.2, -0.15) is 0 Å². The van der Waals surface area contributed by atoms with Gasteiger partial charge in [-0.3, -0.25) is 0 Å². The van der Waals surface area contributed by atoms with Crippen molar-refractivity contribution in [2.45, 2.75) is 25.2 Å². The summed E-state index contributed by atoms with van der Waals surface area (Å²) >= 11 is 1.53. The molecule has 15 heavy (non-hydrogen) atoms. The lowest BCUT2D eigenvalue weighted by atomic mass is 9.91. The van der Waals surface area contributed by atoms with Gasteiger partial charge in [-0.05, 0) is 49.4 Å². The van der Waals surface area contributed by atoms with E-state index in [1.807, 2.05) is 44.2 Å². The molecular weight excluding hydrogens is 204 g/mol. The first-order chi connectivity index (χ1) is 7.14. The highest BCUT2D eigenvalue weighted by molar-refractivity contribution is 8.03. The molecule has 0 aliphatic rings. The predicted molar refractivity (Wildman–Crippen MR) is 65.6 cm³/mol. The maximum Gasteiger partial charge on any atom is 0.0445 e. The minimum atomic E-state index is -0.101. The van der Waals surface area contributed by atoms with E-state index in [0.29, 0.717) is 0 Å². The third-order valence-electron chi connectivity index (χ3n) is 2.04. The summed E-state index contributed by atoms with van der Waals surface area (Å²) in [5, 5.41) is 11.9. The van der Waals surface area contributed by atoms with Gasteiger partial charge in [0.2, 0.25) is 0 Å². The lowest BCUT2D eigenvalue weighted by Crippen LogP contribution is -2.09. The van der Waals surface area contributed by atoms with E-state index in [9.17, 15) is 0 Å². The Balaban J connectivity index is 2.53. The van der Waals surface area contributed by atoms with Crippen LogP contribution in [-0.2, 0) is 0 Å². The molecule has 0 saturated heterocycles. The summed E-state index contributed by atoms with van der Waals surface area (Å²) in [6.07, 6.45) is 0.718. The van der Waals surface area contributed by atoms with E-state index in [1.54, 1.807) is 0 Å². The van der Waals surface area contributed by atoms with E-state index >= 15 is 0 Å². The second-order valence-electron chi connectivity index (χ2n) is 4.00. The van der Waals surface area contributed by atoms with Gasteiger partial charge in [0.15, 0.2) is 0 Å². The van der Waals surface area contributed by atoms with Crippen LogP contribution in [0.3, 0.4) is 0 Å². The van der Waals surface area contributed by atoms with Crippen LogP contribution in [0.5, 0.6) is 0 Å². The van der Waals surface area contributed by atoms with Crippen LogP contribution in [0, 0.1) is 16.6 Å². The van der Waals surface area contributed by atoms with E-state index in [4.69, 9.17) is 5.11 Å². The van der Waals surface area contributed by atoms with Gasteiger partial charge < -0.3 is 5.11 Å². The van der Waals surface area contributed by atoms with Gasteiger partial charge in [0, 0.05) is 16.9 Å². The van der Waals surface area contributed by atoms with Crippen LogP contribution in [0.15, 0.2) is 35.2 Å². The van der Waals surface area contributed by atoms with Gasteiger partial charge in [-0.25, -0.2) is 0 Å². The van der Waals surface area contributed by atoms with Crippen molar-refractivity contribution in [1.29, 1.82) is 0 Å². The highest BCUT2D eigenvalue weighted by Crippen LogP contribution is 2.20. The number of hydrogen-bond acceptors (Lipinski definition) is 2. The summed E-state index contributed by atoms with van der Waals surface area (Å²) in [6.45, 7) is 4.28. The molecule has 0 aliphatic heterocycles. The number of aliphatic hydroxyl groups excluding tert-OH is 1. The second-order valence-corrected chi connectivity index (χ2v) is 4.88. The summed E-state index contributed by atoms with van der Waals surface area (Å²) in [7, 11) is 0. The molecule has 2 heteroatoms. The molecule has 0 fully saturated rings. The van der Waals surface area contributed by atoms with Crippen LogP contribution in [0.4, 0.5) is 0 Å². The van der Waals surface area contributed by atoms with Crippen LogP contribution >= 0.6 is 11.8 Å². The molecule has 1 aromatic rings. The second kappa shape index (κ2) is 5.85. The average molecular weight is 220 g/mol. The summed E-state index contributed by atoms with van der Waals surface area (Å²) in [6, 6.07) is 10.1. The Morgan fingerprint density at radius 1 is 1.27 bits per heavy atom. The van der Waals surface area contributed by atoms with Crippen molar-refractivity contribution in [3.63, 3.8) is 0 Å². The minimum Gasteiger partial charge on any atom is -0.396 e. The molecule has 0 bridgehead atoms. The van der Waals surface area contributed by atoms with E-state index in [2.05, 4.69) is 11.2 Å². The zero-order valence-corrected chi connectivity index (χ0v) is 9.97. The number of aliphatic hydroxyl groups is 1. The Hall–Kier alpha value is -0.910. The van der Waals surface area contributed by atoms with Crippen molar-refractivity contribution in [2.75, 3.05) is 6.61 Å². The van der Waals surface area contributed by atoms with E-state index in [1.165, 1.54) is 11.8 Å². The largest absolute Gasteiger partial charge is 0.396 e. The van der Waals surface area contributed by atoms with E-state index < -0.39 is 0 Å². The van der Waals surface area contributed by atoms with Crippen LogP contribution < -0.4 is 0 Å². The van der Waals surface area contributed by atoms with Gasteiger partial charge in [0.1, 0.15) is 0 Å². The monoisotopic (exact) mass is 220 g/mol. The topological polar surface area (TPSA) is 20.2 Å². The zero-order chi connectivity index (χ0) is 11.1. The van der Waals surface area contributed by atoms with Crippen molar-refractivity contribution >= 4 is 11.8 Å². The van der Waals surface area contributed by atoms with Gasteiger partial charge >= 0.3 is 0 Å². The molecule has 1 aromatic carbocycles. The molecule has 80 valence electrons. The van der Waals surface area contributed by atoms with Gasteiger partial charge in [0.25, 0.3) is 0 Å². The maximum absolute atomic E-state index is 8.84. The molecule has 1 rings (SSSR count). The number of hydrogen-bond donors (Lipinski definition) is 1. The standard InChI is InChI=1S/C13H16OS/c1-13(2,8-10-14)9-11-15-12-6-4-3-5-7-12/h3-7,14H,8,10H2,1-2H3. The highest BCUT2D eigenvalue weighted by Gasteiger charge is 2.12. The third-order valence-corrected chi connectivity index (χ3v) is 2.75. The fraction of sp³-hybridized carbons (Fsp3) is 0.385. The van der Waals surface area contributed by atoms with E-state index in [0.717, 1.165) is 11.3 Å². The van der Waals surface area contributed by atoms with Crippen LogP contribution in [0.1, 0.15) is 20.3 Å². The summed E-state index contributed by atoms with van der Waals surface area (Å²) in [5.74, 6) is 3.16. The molecule has 0 radical (unpaired) electrons. The summed E-state index contributed by atoms with van der Waals surface area (Å²) < 4.78 is 0. The molecular formula is C13H16OS. The van der Waals surface area contributed by atoms with Gasteiger partial charge in [0.05, 0.1) is 0 Å². The summed E-state index contributed by atoms with van der Waals surface area (Å²) in [5.41, 5.74) is -0.101. The Morgan fingerprint density at radius 2 is 1.93 bits per heavy atom. The van der Waals surface area contributed by atoms with Crippen molar-refractivity contribution in [2.24, 2.45) is 5.41 Å². The fourth-order valence-electron chi connectivity index (χ4n) is 1.05. The third kappa shape index (κ3) is 4.92. The Kier molecular flexibility index (Phi) is 4.74. The lowest BCUT2D eigenvalue weighted by Gasteiger charge is -2.14. The number of rotatable bonds is 3. The number of benzene rings is 1. The van der Waals surface area contributed by atoms with E-state index in [-0.39, 0.29) is 12.0 Å². The Morgan fingerprint density at radius 3 is 2.53 bits per heavy atom. The molecule has 0 unspecified atom stereocenters. The first-order valence-corrected chi connectivity index (χ1v) is 5.81. The Labute approximate surface area is 95.9 Å². The van der Waals surface area contributed by atoms with Gasteiger partial charge in [-0.15, -0.1) is 0 Å². The maximum atomic E-state index is 8.84. The first kappa shape index (κ1) is 12.2. The quantitative estimate of drug-likeness (QED) is 0.624. The first-order valence-electron chi connectivity index (χ1n) is 4.99. The van der Waals surface area contributed by atoms with Gasteiger partial charge in [-0.1, -0.05) is 24.1 Å². The molecule has 0 amide bonds. The normalized spacial score (nSPS) is 10.6. The van der Waals surface area contributed by atoms with Crippen LogP contribution in [0.25, 0.3) is 0 Å². The van der Waals surface area contributed by atoms with Crippen molar-refractivity contribution < 1.29 is 5.11 Å². The fourth-order valence-corrected chi connectivity index (χ4v) is 1.79. The Bertz CT molecular complexity index is 346. The van der Waals surface area contributed by atoms with Crippen molar-refractivity contribution in [3.8, 4) is 11.2 Å². The molecule has 0 aliphatic carbocycles. The highest BCUT2D eigenvalue weighted by atomic mass is 32.2. The van der Waals surface area contributed by atoms with Crippen LogP contribution in [0.2, 0.25) is 0 Å². The summed E-state index contributed by atoms with van der Waals surface area (Å²) in [4.78, 5) is 1.16. The molecule has 0 aromatic heterocycles. The average Bonchev–Trinajstić information content (AvgIpc) is 2.19. The minimum absolute atomic E-state index is 0.101. The lowest BCUT2D eigenvalue weighted by molar-refractivity contribution is 0.245. The molecule has 0 heterocycles. The van der Waals surface area contributed by atoms with Crippen molar-refractivity contribution in [3.05, 3.63) is 30.3 Å². The smallest absolute Gasteiger partial charge is 0.0445 e. The number of thioether (sulfide) groups is 1. The molecule has 0 spiro atoms. The predicted octanol–water partition coefficient (Wildman–Crippen LogP) is 3.15. The molecule has 0 atom stereocenters. The molecule has 1 N–H and O–H groups in total. The molecule has 0 saturated carbocycles.